The lowest BCUT2D eigenvalue weighted by Gasteiger charge is -2.13. The Labute approximate surface area is 168 Å². The molecule has 0 bridgehead atoms. The number of likely N-dealkylation sites (tertiary alicyclic amines) is 1. The second-order valence-corrected chi connectivity index (χ2v) is 8.41. The summed E-state index contributed by atoms with van der Waals surface area (Å²) in [6.07, 6.45) is 4.76. The highest BCUT2D eigenvalue weighted by Crippen LogP contribution is 2.34. The van der Waals surface area contributed by atoms with Crippen LogP contribution in [0.1, 0.15) is 41.0 Å². The smallest absolute Gasteiger partial charge is 0.263 e. The van der Waals surface area contributed by atoms with E-state index in [1.54, 1.807) is 12.1 Å². The second kappa shape index (κ2) is 9.18. The van der Waals surface area contributed by atoms with Gasteiger partial charge in [-0.05, 0) is 70.4 Å². The van der Waals surface area contributed by atoms with E-state index in [1.165, 1.54) is 37.3 Å². The van der Waals surface area contributed by atoms with Crippen LogP contribution in [0.4, 0.5) is 0 Å². The third-order valence-corrected chi connectivity index (χ3v) is 6.29. The molecule has 140 valence electrons. The van der Waals surface area contributed by atoms with Crippen LogP contribution in [0, 0.1) is 6.92 Å². The zero-order chi connectivity index (χ0) is 18.5. The Morgan fingerprint density at radius 2 is 2.04 bits per heavy atom. The van der Waals surface area contributed by atoms with E-state index in [2.05, 4.69) is 15.2 Å². The molecule has 1 saturated heterocycles. The van der Waals surface area contributed by atoms with E-state index in [-0.39, 0.29) is 5.91 Å². The first kappa shape index (κ1) is 19.6. The minimum absolute atomic E-state index is 0.0579. The van der Waals surface area contributed by atoms with Crippen molar-refractivity contribution in [3.8, 4) is 10.6 Å². The summed E-state index contributed by atoms with van der Waals surface area (Å²) >= 11 is 13.6. The lowest BCUT2D eigenvalue weighted by molar-refractivity contribution is 0.0956. The van der Waals surface area contributed by atoms with E-state index in [0.717, 1.165) is 35.7 Å². The molecule has 1 aliphatic heterocycles. The molecule has 3 rings (SSSR count). The Balaban J connectivity index is 1.53. The standard InChI is InChI=1S/C19H23Cl2N3OS/c1-13-17(18(25)22-8-2-3-9-24-10-4-5-11-24)26-19(23-13)15-7-6-14(20)12-16(15)21/h6-7,12H,2-5,8-11H2,1H3,(H,22,25). The highest BCUT2D eigenvalue weighted by molar-refractivity contribution is 7.17. The van der Waals surface area contributed by atoms with Crippen LogP contribution in [0.15, 0.2) is 18.2 Å². The Morgan fingerprint density at radius 1 is 1.27 bits per heavy atom. The largest absolute Gasteiger partial charge is 0.351 e. The van der Waals surface area contributed by atoms with Crippen molar-refractivity contribution < 1.29 is 4.79 Å². The number of hydrogen-bond donors (Lipinski definition) is 1. The molecule has 0 unspecified atom stereocenters. The quantitative estimate of drug-likeness (QED) is 0.649. The number of nitrogens with zero attached hydrogens (tertiary/aromatic N) is 2. The Kier molecular flexibility index (Phi) is 6.92. The highest BCUT2D eigenvalue weighted by atomic mass is 35.5. The number of amides is 1. The first-order valence-corrected chi connectivity index (χ1v) is 10.6. The molecule has 1 amide bonds. The summed E-state index contributed by atoms with van der Waals surface area (Å²) in [7, 11) is 0. The summed E-state index contributed by atoms with van der Waals surface area (Å²) in [6.45, 7) is 6.13. The van der Waals surface area contributed by atoms with Gasteiger partial charge >= 0.3 is 0 Å². The molecule has 1 aliphatic rings. The van der Waals surface area contributed by atoms with Gasteiger partial charge in [0.15, 0.2) is 0 Å². The van der Waals surface area contributed by atoms with Gasteiger partial charge in [0.1, 0.15) is 9.88 Å². The van der Waals surface area contributed by atoms with Gasteiger partial charge in [0, 0.05) is 17.1 Å². The van der Waals surface area contributed by atoms with E-state index in [4.69, 9.17) is 23.2 Å². The van der Waals surface area contributed by atoms with Gasteiger partial charge in [0.25, 0.3) is 5.91 Å². The van der Waals surface area contributed by atoms with Gasteiger partial charge in [-0.3, -0.25) is 4.79 Å². The van der Waals surface area contributed by atoms with E-state index >= 15 is 0 Å². The molecule has 1 aromatic heterocycles. The van der Waals surface area contributed by atoms with Gasteiger partial charge in [-0.25, -0.2) is 4.98 Å². The predicted octanol–water partition coefficient (Wildman–Crippen LogP) is 5.03. The molecule has 1 fully saturated rings. The van der Waals surface area contributed by atoms with Gasteiger partial charge in [0.05, 0.1) is 10.7 Å². The highest BCUT2D eigenvalue weighted by Gasteiger charge is 2.17. The summed E-state index contributed by atoms with van der Waals surface area (Å²) < 4.78 is 0. The van der Waals surface area contributed by atoms with E-state index < -0.39 is 0 Å². The molecular formula is C19H23Cl2N3OS. The molecule has 0 saturated carbocycles. The van der Waals surface area contributed by atoms with Crippen molar-refractivity contribution in [1.29, 1.82) is 0 Å². The number of thiazole rings is 1. The number of aromatic nitrogens is 1. The number of nitrogens with one attached hydrogen (secondary N) is 1. The van der Waals surface area contributed by atoms with Crippen LogP contribution in [-0.4, -0.2) is 42.0 Å². The first-order valence-electron chi connectivity index (χ1n) is 8.98. The summed E-state index contributed by atoms with van der Waals surface area (Å²) in [6, 6.07) is 5.30. The van der Waals surface area contributed by atoms with Crippen molar-refractivity contribution >= 4 is 40.4 Å². The summed E-state index contributed by atoms with van der Waals surface area (Å²) in [5, 5.41) is 4.88. The van der Waals surface area contributed by atoms with Crippen LogP contribution >= 0.6 is 34.5 Å². The van der Waals surface area contributed by atoms with Crippen LogP contribution in [0.25, 0.3) is 10.6 Å². The van der Waals surface area contributed by atoms with Gasteiger partial charge < -0.3 is 10.2 Å². The van der Waals surface area contributed by atoms with Crippen molar-refractivity contribution in [3.05, 3.63) is 38.8 Å². The third-order valence-electron chi connectivity index (χ3n) is 4.55. The Bertz CT molecular complexity index is 772. The second-order valence-electron chi connectivity index (χ2n) is 6.57. The topological polar surface area (TPSA) is 45.2 Å². The third kappa shape index (κ3) is 4.97. The Hall–Kier alpha value is -1.14. The number of carbonyl (C=O) groups excluding carboxylic acids is 1. The molecule has 1 aromatic carbocycles. The van der Waals surface area contributed by atoms with Gasteiger partial charge in [-0.2, -0.15) is 0 Å². The predicted molar refractivity (Wildman–Crippen MR) is 110 cm³/mol. The fourth-order valence-electron chi connectivity index (χ4n) is 3.13. The van der Waals surface area contributed by atoms with Crippen molar-refractivity contribution in [2.45, 2.75) is 32.6 Å². The zero-order valence-electron chi connectivity index (χ0n) is 14.9. The lowest BCUT2D eigenvalue weighted by Crippen LogP contribution is -2.26. The molecule has 4 nitrogen and oxygen atoms in total. The molecule has 0 aliphatic carbocycles. The maximum absolute atomic E-state index is 12.5. The van der Waals surface area contributed by atoms with Crippen LogP contribution in [0.5, 0.6) is 0 Å². The molecule has 0 atom stereocenters. The normalized spacial score (nSPS) is 14.7. The van der Waals surface area contributed by atoms with Crippen molar-refractivity contribution in [3.63, 3.8) is 0 Å². The van der Waals surface area contributed by atoms with Crippen LogP contribution in [0.2, 0.25) is 10.0 Å². The van der Waals surface area contributed by atoms with Crippen molar-refractivity contribution in [2.75, 3.05) is 26.2 Å². The number of aryl methyl sites for hydroxylation is 1. The molecule has 0 spiro atoms. The van der Waals surface area contributed by atoms with Crippen molar-refractivity contribution in [2.24, 2.45) is 0 Å². The average Bonchev–Trinajstić information content (AvgIpc) is 3.24. The number of benzene rings is 1. The summed E-state index contributed by atoms with van der Waals surface area (Å²) in [5.41, 5.74) is 1.53. The monoisotopic (exact) mass is 411 g/mol. The van der Waals surface area contributed by atoms with Crippen molar-refractivity contribution in [1.82, 2.24) is 15.2 Å². The minimum atomic E-state index is -0.0579. The maximum Gasteiger partial charge on any atom is 0.263 e. The molecule has 1 N–H and O–H groups in total. The van der Waals surface area contributed by atoms with Gasteiger partial charge in [-0.1, -0.05) is 23.2 Å². The average molecular weight is 412 g/mol. The summed E-state index contributed by atoms with van der Waals surface area (Å²) in [5.74, 6) is -0.0579. The number of carbonyl (C=O) groups is 1. The fourth-order valence-corrected chi connectivity index (χ4v) is 4.71. The van der Waals surface area contributed by atoms with Crippen LogP contribution in [0.3, 0.4) is 0 Å². The maximum atomic E-state index is 12.5. The summed E-state index contributed by atoms with van der Waals surface area (Å²) in [4.78, 5) is 20.1. The minimum Gasteiger partial charge on any atom is -0.351 e. The molecule has 26 heavy (non-hydrogen) atoms. The molecule has 2 aromatic rings. The SMILES string of the molecule is Cc1nc(-c2ccc(Cl)cc2Cl)sc1C(=O)NCCCCN1CCCC1. The van der Waals surface area contributed by atoms with E-state index in [0.29, 0.717) is 21.5 Å². The van der Waals surface area contributed by atoms with Gasteiger partial charge in [0.2, 0.25) is 0 Å². The molecule has 0 radical (unpaired) electrons. The molecular weight excluding hydrogens is 389 g/mol. The Morgan fingerprint density at radius 3 is 2.77 bits per heavy atom. The molecule has 7 heteroatoms. The van der Waals surface area contributed by atoms with E-state index in [9.17, 15) is 4.79 Å². The molecule has 2 heterocycles. The lowest BCUT2D eigenvalue weighted by atomic mass is 10.2. The number of rotatable bonds is 7. The van der Waals surface area contributed by atoms with Gasteiger partial charge in [-0.15, -0.1) is 11.3 Å². The first-order chi connectivity index (χ1) is 12.5. The number of hydrogen-bond acceptors (Lipinski definition) is 4. The van der Waals surface area contributed by atoms with Crippen LogP contribution < -0.4 is 5.32 Å². The number of unbranched alkanes of at least 4 members (excludes halogenated alkanes) is 1. The van der Waals surface area contributed by atoms with E-state index in [1.807, 2.05) is 13.0 Å². The van der Waals surface area contributed by atoms with Crippen LogP contribution in [-0.2, 0) is 0 Å². The number of halogens is 2. The fraction of sp³-hybridized carbons (Fsp3) is 0.474. The zero-order valence-corrected chi connectivity index (χ0v) is 17.2.